The van der Waals surface area contributed by atoms with E-state index in [-0.39, 0.29) is 17.0 Å². The van der Waals surface area contributed by atoms with Gasteiger partial charge in [0.15, 0.2) is 11.5 Å². The number of hydrogen-bond acceptors (Lipinski definition) is 4. The molecule has 1 aromatic carbocycles. The molecule has 0 aliphatic carbocycles. The number of rotatable bonds is 3. The Balaban J connectivity index is 1.88. The summed E-state index contributed by atoms with van der Waals surface area (Å²) >= 11 is 0. The van der Waals surface area contributed by atoms with E-state index < -0.39 is 23.6 Å². The molecule has 0 aliphatic heterocycles. The molecule has 0 spiro atoms. The number of anilines is 2. The zero-order valence-electron chi connectivity index (χ0n) is 14.0. The molecule has 0 saturated carbocycles. The number of nitrogens with one attached hydrogen (secondary N) is 1. The van der Waals surface area contributed by atoms with Crippen LogP contribution < -0.4 is 5.32 Å². The van der Waals surface area contributed by atoms with E-state index >= 15 is 0 Å². The van der Waals surface area contributed by atoms with Crippen LogP contribution in [-0.2, 0) is 11.6 Å². The lowest BCUT2D eigenvalue weighted by Gasteiger charge is -2.28. The van der Waals surface area contributed by atoms with Gasteiger partial charge in [-0.1, -0.05) is 12.1 Å². The Morgan fingerprint density at radius 2 is 1.48 bits per heavy atom. The molecule has 3 aromatic rings. The molecule has 27 heavy (non-hydrogen) atoms. The van der Waals surface area contributed by atoms with Crippen LogP contribution in [0.2, 0.25) is 0 Å². The largest absolute Gasteiger partial charge is 0.453 e. The first-order valence-electron chi connectivity index (χ1n) is 7.63. The molecule has 3 rings (SSSR count). The lowest BCUT2D eigenvalue weighted by atomic mass is 9.84. The lowest BCUT2D eigenvalue weighted by molar-refractivity contribution is -0.180. The van der Waals surface area contributed by atoms with E-state index in [0.29, 0.717) is 10.2 Å². The van der Waals surface area contributed by atoms with Crippen LogP contribution in [0.5, 0.6) is 0 Å². The number of benzene rings is 1. The zero-order chi connectivity index (χ0) is 20.0. The summed E-state index contributed by atoms with van der Waals surface area (Å²) in [6, 6.07) is 8.07. The molecule has 0 bridgehead atoms. The normalized spacial score (nSPS) is 13.2. The van der Waals surface area contributed by atoms with Crippen LogP contribution in [0.1, 0.15) is 25.2 Å². The second-order valence-corrected chi connectivity index (χ2v) is 6.34. The van der Waals surface area contributed by atoms with Gasteiger partial charge in [-0.3, -0.25) is 0 Å². The van der Waals surface area contributed by atoms with E-state index in [0.717, 1.165) is 13.8 Å². The first-order valence-corrected chi connectivity index (χ1v) is 7.63. The van der Waals surface area contributed by atoms with E-state index in [9.17, 15) is 26.3 Å². The molecular weight excluding hydrogens is 376 g/mol. The molecule has 0 unspecified atom stereocenters. The van der Waals surface area contributed by atoms with Gasteiger partial charge in [0.05, 0.1) is 5.41 Å². The minimum atomic E-state index is -4.73. The van der Waals surface area contributed by atoms with Crippen molar-refractivity contribution in [2.45, 2.75) is 31.6 Å². The lowest BCUT2D eigenvalue weighted by Crippen LogP contribution is -2.36. The number of nitrogens with zero attached hydrogens (tertiary/aromatic N) is 4. The van der Waals surface area contributed by atoms with Crippen LogP contribution in [0, 0.1) is 0 Å². The number of fused-ring (bicyclic) bond motifs is 1. The third kappa shape index (κ3) is 3.53. The second-order valence-electron chi connectivity index (χ2n) is 6.34. The van der Waals surface area contributed by atoms with E-state index in [1.54, 1.807) is 0 Å². The van der Waals surface area contributed by atoms with Crippen LogP contribution in [-0.4, -0.2) is 26.0 Å². The van der Waals surface area contributed by atoms with Crippen molar-refractivity contribution in [3.05, 3.63) is 47.8 Å². The minimum Gasteiger partial charge on any atom is -0.339 e. The summed E-state index contributed by atoms with van der Waals surface area (Å²) in [4.78, 5) is 0. The predicted octanol–water partition coefficient (Wildman–Crippen LogP) is 4.73. The Morgan fingerprint density at radius 1 is 0.852 bits per heavy atom. The summed E-state index contributed by atoms with van der Waals surface area (Å²) in [6.45, 7) is 2.13. The number of halogens is 6. The fourth-order valence-corrected chi connectivity index (χ4v) is 2.31. The predicted molar refractivity (Wildman–Crippen MR) is 84.6 cm³/mol. The molecule has 2 aromatic heterocycles. The molecule has 2 heterocycles. The van der Waals surface area contributed by atoms with E-state index in [4.69, 9.17) is 0 Å². The van der Waals surface area contributed by atoms with Crippen molar-refractivity contribution in [2.75, 3.05) is 5.32 Å². The SMILES string of the molecule is CC(C)(c1ccc(Nc2ccc3nnc(C(F)(F)F)n3n2)cc1)C(F)(F)F. The van der Waals surface area contributed by atoms with Gasteiger partial charge in [-0.2, -0.15) is 30.9 Å². The third-order valence-electron chi connectivity index (χ3n) is 4.10. The molecular formula is C16H13F6N5. The van der Waals surface area contributed by atoms with Gasteiger partial charge in [0.1, 0.15) is 0 Å². The van der Waals surface area contributed by atoms with Crippen molar-refractivity contribution in [2.24, 2.45) is 0 Å². The first kappa shape index (κ1) is 18.9. The maximum Gasteiger partial charge on any atom is 0.453 e. The van der Waals surface area contributed by atoms with Gasteiger partial charge in [0.25, 0.3) is 5.82 Å². The number of alkyl halides is 6. The van der Waals surface area contributed by atoms with Gasteiger partial charge in [0.2, 0.25) is 0 Å². The van der Waals surface area contributed by atoms with Gasteiger partial charge in [0, 0.05) is 5.69 Å². The van der Waals surface area contributed by atoms with Gasteiger partial charge in [-0.05, 0) is 43.7 Å². The maximum atomic E-state index is 13.1. The van der Waals surface area contributed by atoms with Crippen LogP contribution in [0.15, 0.2) is 36.4 Å². The highest BCUT2D eigenvalue weighted by Gasteiger charge is 2.48. The van der Waals surface area contributed by atoms with Gasteiger partial charge in [-0.25, -0.2) is 0 Å². The Labute approximate surface area is 149 Å². The molecule has 144 valence electrons. The second kappa shape index (κ2) is 6.10. The van der Waals surface area contributed by atoms with Crippen molar-refractivity contribution in [3.8, 4) is 0 Å². The summed E-state index contributed by atoms with van der Waals surface area (Å²) in [5, 5.41) is 13.0. The van der Waals surface area contributed by atoms with Crippen LogP contribution in [0.3, 0.4) is 0 Å². The van der Waals surface area contributed by atoms with E-state index in [1.807, 2.05) is 0 Å². The highest BCUT2D eigenvalue weighted by atomic mass is 19.4. The summed E-state index contributed by atoms with van der Waals surface area (Å²) in [6.07, 6.45) is -9.15. The summed E-state index contributed by atoms with van der Waals surface area (Å²) in [5.41, 5.74) is -1.70. The minimum absolute atomic E-state index is 0.0515. The highest BCUT2D eigenvalue weighted by Crippen LogP contribution is 2.40. The topological polar surface area (TPSA) is 55.1 Å². The van der Waals surface area contributed by atoms with Crippen LogP contribution in [0.4, 0.5) is 37.8 Å². The van der Waals surface area contributed by atoms with Crippen molar-refractivity contribution < 1.29 is 26.3 Å². The molecule has 0 amide bonds. The molecule has 0 radical (unpaired) electrons. The zero-order valence-corrected chi connectivity index (χ0v) is 14.0. The number of hydrogen-bond donors (Lipinski definition) is 1. The maximum absolute atomic E-state index is 13.1. The van der Waals surface area contributed by atoms with E-state index in [1.165, 1.54) is 36.4 Å². The van der Waals surface area contributed by atoms with Crippen molar-refractivity contribution in [1.82, 2.24) is 19.8 Å². The van der Waals surface area contributed by atoms with Gasteiger partial charge < -0.3 is 5.32 Å². The third-order valence-corrected chi connectivity index (χ3v) is 4.10. The average molecular weight is 389 g/mol. The Morgan fingerprint density at radius 3 is 2.04 bits per heavy atom. The smallest absolute Gasteiger partial charge is 0.339 e. The van der Waals surface area contributed by atoms with Crippen LogP contribution >= 0.6 is 0 Å². The van der Waals surface area contributed by atoms with Gasteiger partial charge >= 0.3 is 12.4 Å². The quantitative estimate of drug-likeness (QED) is 0.659. The standard InChI is InChI=1S/C16H13F6N5/c1-14(2,16(20,21)22)9-3-5-10(6-4-9)23-11-7-8-12-24-25-13(15(17,18)19)27(12)26-11/h3-8H,1-2H3,(H,23,26). The summed E-state index contributed by atoms with van der Waals surface area (Å²) in [7, 11) is 0. The Bertz CT molecular complexity index is 956. The molecule has 0 atom stereocenters. The fourth-order valence-electron chi connectivity index (χ4n) is 2.31. The number of aromatic nitrogens is 4. The molecule has 5 nitrogen and oxygen atoms in total. The van der Waals surface area contributed by atoms with Crippen molar-refractivity contribution in [1.29, 1.82) is 0 Å². The summed E-state index contributed by atoms with van der Waals surface area (Å²) in [5.74, 6) is -1.22. The Hall–Kier alpha value is -2.85. The molecule has 0 fully saturated rings. The van der Waals surface area contributed by atoms with Gasteiger partial charge in [-0.15, -0.1) is 15.3 Å². The van der Waals surface area contributed by atoms with E-state index in [2.05, 4.69) is 20.6 Å². The Kier molecular flexibility index (Phi) is 4.28. The molecule has 11 heteroatoms. The molecule has 1 N–H and O–H groups in total. The van der Waals surface area contributed by atoms with Crippen LogP contribution in [0.25, 0.3) is 5.65 Å². The average Bonchev–Trinajstić information content (AvgIpc) is 2.97. The monoisotopic (exact) mass is 389 g/mol. The molecule has 0 aliphatic rings. The first-order chi connectivity index (χ1) is 12.4. The highest BCUT2D eigenvalue weighted by molar-refractivity contribution is 5.58. The molecule has 0 saturated heterocycles. The van der Waals surface area contributed by atoms with Crippen molar-refractivity contribution in [3.63, 3.8) is 0 Å². The van der Waals surface area contributed by atoms with Crippen molar-refractivity contribution >= 4 is 17.2 Å². The fraction of sp³-hybridized carbons (Fsp3) is 0.312. The summed E-state index contributed by atoms with van der Waals surface area (Å²) < 4.78 is 78.5.